The molecule has 4 fully saturated rings. The van der Waals surface area contributed by atoms with Crippen molar-refractivity contribution in [2.24, 2.45) is 51.8 Å². The van der Waals surface area contributed by atoms with Gasteiger partial charge in [-0.3, -0.25) is 0 Å². The molecule has 32 heavy (non-hydrogen) atoms. The Hall–Kier alpha value is -0.0800. The van der Waals surface area contributed by atoms with Crippen molar-refractivity contribution in [3.05, 3.63) is 0 Å². The number of aliphatic hydroxyl groups is 2. The van der Waals surface area contributed by atoms with Crippen LogP contribution in [0.2, 0.25) is 0 Å². The van der Waals surface area contributed by atoms with Crippen LogP contribution >= 0.6 is 0 Å². The molecular weight excluding hydrogens is 392 g/mol. The largest absolute Gasteiger partial charge is 0.393 e. The Morgan fingerprint density at radius 3 is 2.25 bits per heavy atom. The van der Waals surface area contributed by atoms with E-state index in [4.69, 9.17) is 0 Å². The molecule has 0 unspecified atom stereocenters. The zero-order chi connectivity index (χ0) is 23.5. The van der Waals surface area contributed by atoms with E-state index in [0.717, 1.165) is 55.8 Å². The third-order valence-corrected chi connectivity index (χ3v) is 12.0. The molecule has 0 aliphatic heterocycles. The quantitative estimate of drug-likeness (QED) is 0.456. The summed E-state index contributed by atoms with van der Waals surface area (Å²) >= 11 is 0. The van der Waals surface area contributed by atoms with Crippen molar-refractivity contribution in [3.63, 3.8) is 0 Å². The van der Waals surface area contributed by atoms with E-state index in [1.165, 1.54) is 44.9 Å². The maximum Gasteiger partial charge on any atom is 0.0648 e. The molecule has 186 valence electrons. The summed E-state index contributed by atoms with van der Waals surface area (Å²) in [7, 11) is 0. The van der Waals surface area contributed by atoms with Crippen LogP contribution in [-0.2, 0) is 0 Å². The number of aliphatic hydroxyl groups excluding tert-OH is 1. The minimum Gasteiger partial charge on any atom is -0.393 e. The third kappa shape index (κ3) is 4.23. The van der Waals surface area contributed by atoms with Gasteiger partial charge in [0.15, 0.2) is 0 Å². The average molecular weight is 447 g/mol. The smallest absolute Gasteiger partial charge is 0.0648 e. The summed E-state index contributed by atoms with van der Waals surface area (Å²) in [6.07, 6.45) is 14.3. The second-order valence-electron chi connectivity index (χ2n) is 14.7. The van der Waals surface area contributed by atoms with Crippen molar-refractivity contribution < 1.29 is 10.2 Å². The van der Waals surface area contributed by atoms with Gasteiger partial charge in [-0.25, -0.2) is 0 Å². The lowest BCUT2D eigenvalue weighted by Gasteiger charge is -2.62. The molecule has 2 nitrogen and oxygen atoms in total. The molecule has 0 aromatic rings. The van der Waals surface area contributed by atoms with Crippen LogP contribution in [0.5, 0.6) is 0 Å². The first-order valence-electron chi connectivity index (χ1n) is 14.2. The number of hydrogen-bond donors (Lipinski definition) is 2. The molecule has 10 atom stereocenters. The van der Waals surface area contributed by atoms with E-state index in [9.17, 15) is 10.2 Å². The van der Waals surface area contributed by atoms with Gasteiger partial charge in [-0.05, 0) is 129 Å². The Morgan fingerprint density at radius 2 is 1.59 bits per heavy atom. The highest BCUT2D eigenvalue weighted by molar-refractivity contribution is 5.11. The second kappa shape index (κ2) is 8.54. The van der Waals surface area contributed by atoms with Crippen molar-refractivity contribution >= 4 is 0 Å². The summed E-state index contributed by atoms with van der Waals surface area (Å²) in [5.74, 6) is 4.43. The fraction of sp³-hybridized carbons (Fsp3) is 1.00. The van der Waals surface area contributed by atoms with Crippen LogP contribution in [0, 0.1) is 51.8 Å². The summed E-state index contributed by atoms with van der Waals surface area (Å²) in [6, 6.07) is 0. The number of fused-ring (bicyclic) bond motifs is 5. The molecule has 0 aromatic carbocycles. The maximum absolute atomic E-state index is 11.1. The van der Waals surface area contributed by atoms with E-state index in [0.29, 0.717) is 28.1 Å². The van der Waals surface area contributed by atoms with Gasteiger partial charge in [0.05, 0.1) is 11.7 Å². The maximum atomic E-state index is 11.1. The Kier molecular flexibility index (Phi) is 6.68. The fourth-order valence-electron chi connectivity index (χ4n) is 9.66. The van der Waals surface area contributed by atoms with Gasteiger partial charge in [-0.15, -0.1) is 0 Å². The van der Waals surface area contributed by atoms with Crippen LogP contribution in [-0.4, -0.2) is 21.9 Å². The summed E-state index contributed by atoms with van der Waals surface area (Å²) in [6.45, 7) is 16.6. The summed E-state index contributed by atoms with van der Waals surface area (Å²) in [5, 5.41) is 22.2. The zero-order valence-corrected chi connectivity index (χ0v) is 22.4. The topological polar surface area (TPSA) is 40.5 Å². The molecule has 4 saturated carbocycles. The van der Waals surface area contributed by atoms with Gasteiger partial charge in [0.1, 0.15) is 0 Å². The van der Waals surface area contributed by atoms with Gasteiger partial charge >= 0.3 is 0 Å². The minimum atomic E-state index is -0.392. The summed E-state index contributed by atoms with van der Waals surface area (Å²) in [4.78, 5) is 0. The Bertz CT molecular complexity index is 666. The van der Waals surface area contributed by atoms with Crippen LogP contribution < -0.4 is 0 Å². The molecule has 2 N–H and O–H groups in total. The van der Waals surface area contributed by atoms with Gasteiger partial charge in [0.25, 0.3) is 0 Å². The van der Waals surface area contributed by atoms with Crippen molar-refractivity contribution in [2.45, 2.75) is 137 Å². The summed E-state index contributed by atoms with van der Waals surface area (Å²) in [5.41, 5.74) is 0.781. The van der Waals surface area contributed by atoms with Gasteiger partial charge in [0.2, 0.25) is 0 Å². The monoisotopic (exact) mass is 446 g/mol. The molecule has 0 heterocycles. The van der Waals surface area contributed by atoms with Gasteiger partial charge in [0, 0.05) is 0 Å². The Balaban J connectivity index is 1.47. The normalized spacial score (nSPS) is 48.5. The van der Waals surface area contributed by atoms with E-state index in [1.807, 2.05) is 0 Å². The predicted molar refractivity (Wildman–Crippen MR) is 134 cm³/mol. The molecule has 0 radical (unpaired) electrons. The first-order valence-corrected chi connectivity index (χ1v) is 14.2. The van der Waals surface area contributed by atoms with Crippen LogP contribution in [0.4, 0.5) is 0 Å². The third-order valence-electron chi connectivity index (χ3n) is 12.0. The molecular formula is C30H54O2. The first kappa shape index (κ1) is 25.0. The molecule has 0 saturated heterocycles. The van der Waals surface area contributed by atoms with Crippen molar-refractivity contribution in [1.82, 2.24) is 0 Å². The van der Waals surface area contributed by atoms with Crippen molar-refractivity contribution in [3.8, 4) is 0 Å². The van der Waals surface area contributed by atoms with Gasteiger partial charge < -0.3 is 10.2 Å². The fourth-order valence-corrected chi connectivity index (χ4v) is 9.66. The van der Waals surface area contributed by atoms with Crippen LogP contribution in [0.1, 0.15) is 126 Å². The number of rotatable bonds is 5. The molecule has 0 spiro atoms. The number of hydrogen-bond acceptors (Lipinski definition) is 2. The van der Waals surface area contributed by atoms with Gasteiger partial charge in [-0.1, -0.05) is 48.5 Å². The standard InChI is InChI=1S/C30H54O2/c1-8-30(32)18-17-28(6)21(19-30)9-10-22-24-12-11-23(29(24,7)16-13-25(22)28)20(2)26(31)14-15-27(3,4)5/h20-26,31-32H,8-19H2,1-7H3/t20-,21+,22-,23+,24-,25-,26-,28-,29+,30-/m0/s1. The van der Waals surface area contributed by atoms with E-state index >= 15 is 0 Å². The lowest BCUT2D eigenvalue weighted by molar-refractivity contribution is -0.154. The van der Waals surface area contributed by atoms with Crippen LogP contribution in [0.25, 0.3) is 0 Å². The highest BCUT2D eigenvalue weighted by atomic mass is 16.3. The zero-order valence-electron chi connectivity index (χ0n) is 22.4. The van der Waals surface area contributed by atoms with E-state index in [1.54, 1.807) is 0 Å². The minimum absolute atomic E-state index is 0.147. The van der Waals surface area contributed by atoms with Gasteiger partial charge in [-0.2, -0.15) is 0 Å². The molecule has 4 rings (SSSR count). The first-order chi connectivity index (χ1) is 14.8. The van der Waals surface area contributed by atoms with E-state index < -0.39 is 5.60 Å². The second-order valence-corrected chi connectivity index (χ2v) is 14.7. The average Bonchev–Trinajstić information content (AvgIpc) is 3.08. The SMILES string of the molecule is CC[C@]1(O)CC[C@@]2(C)[C@H](CC[C@@H]3[C@@H]2CC[C@]2(C)[C@@H]([C@H](C)[C@@H](O)CCC(C)(C)C)CC[C@@H]32)C1. The molecule has 2 heteroatoms. The lowest BCUT2D eigenvalue weighted by Crippen LogP contribution is -2.56. The van der Waals surface area contributed by atoms with Crippen molar-refractivity contribution in [1.29, 1.82) is 0 Å². The summed E-state index contributed by atoms with van der Waals surface area (Å²) < 4.78 is 0. The molecule has 4 aliphatic carbocycles. The Morgan fingerprint density at radius 1 is 0.906 bits per heavy atom. The Labute approximate surface area is 199 Å². The highest BCUT2D eigenvalue weighted by Crippen LogP contribution is 2.69. The molecule has 4 aliphatic rings. The van der Waals surface area contributed by atoms with Crippen molar-refractivity contribution in [2.75, 3.05) is 0 Å². The lowest BCUT2D eigenvalue weighted by atomic mass is 9.43. The highest BCUT2D eigenvalue weighted by Gasteiger charge is 2.61. The molecule has 0 bridgehead atoms. The predicted octanol–water partition coefficient (Wildman–Crippen LogP) is 7.61. The van der Waals surface area contributed by atoms with Crippen LogP contribution in [0.15, 0.2) is 0 Å². The molecule has 0 amide bonds. The van der Waals surface area contributed by atoms with Crippen LogP contribution in [0.3, 0.4) is 0 Å². The molecule has 0 aromatic heterocycles. The van der Waals surface area contributed by atoms with E-state index in [2.05, 4.69) is 48.5 Å². The van der Waals surface area contributed by atoms with E-state index in [-0.39, 0.29) is 6.10 Å².